The Balaban J connectivity index is 2.25. The van der Waals surface area contributed by atoms with Crippen molar-refractivity contribution in [1.29, 1.82) is 0 Å². The van der Waals surface area contributed by atoms with E-state index in [1.54, 1.807) is 23.4 Å². The van der Waals surface area contributed by atoms with Crippen molar-refractivity contribution < 1.29 is 4.79 Å². The summed E-state index contributed by atoms with van der Waals surface area (Å²) in [7, 11) is 0. The average Bonchev–Trinajstić information content (AvgIpc) is 2.60. The molecular weight excluding hydrogens is 279 g/mol. The van der Waals surface area contributed by atoms with Crippen molar-refractivity contribution >= 4 is 39.1 Å². The molecule has 0 radical (unpaired) electrons. The molecule has 1 amide bonds. The molecule has 80 valence electrons. The van der Waals surface area contributed by atoms with Crippen molar-refractivity contribution in [2.45, 2.75) is 6.42 Å². The van der Waals surface area contributed by atoms with Crippen LogP contribution < -0.4 is 4.90 Å². The SMILES string of the molecule is O=C1CC(CBr)CN1c1cnccc1Cl. The molecule has 0 N–H and O–H groups in total. The van der Waals surface area contributed by atoms with Crippen LogP contribution >= 0.6 is 27.5 Å². The maximum atomic E-state index is 11.7. The molecule has 3 nitrogen and oxygen atoms in total. The summed E-state index contributed by atoms with van der Waals surface area (Å²) in [5, 5.41) is 1.42. The summed E-state index contributed by atoms with van der Waals surface area (Å²) in [5.41, 5.74) is 0.715. The molecule has 2 rings (SSSR count). The molecule has 5 heteroatoms. The van der Waals surface area contributed by atoms with E-state index in [4.69, 9.17) is 11.6 Å². The van der Waals surface area contributed by atoms with Crippen LogP contribution in [-0.2, 0) is 4.79 Å². The minimum atomic E-state index is 0.120. The van der Waals surface area contributed by atoms with Crippen LogP contribution in [0.25, 0.3) is 0 Å². The first-order valence-electron chi connectivity index (χ1n) is 4.68. The van der Waals surface area contributed by atoms with E-state index in [9.17, 15) is 4.79 Å². The Morgan fingerprint density at radius 2 is 2.47 bits per heavy atom. The lowest BCUT2D eigenvalue weighted by Gasteiger charge is -2.16. The van der Waals surface area contributed by atoms with Gasteiger partial charge in [-0.25, -0.2) is 0 Å². The van der Waals surface area contributed by atoms with Crippen molar-refractivity contribution in [3.63, 3.8) is 0 Å². The average molecular weight is 290 g/mol. The van der Waals surface area contributed by atoms with Gasteiger partial charge in [0, 0.05) is 24.5 Å². The maximum absolute atomic E-state index is 11.7. The summed E-state index contributed by atoms with van der Waals surface area (Å²) in [6.45, 7) is 0.718. The lowest BCUT2D eigenvalue weighted by atomic mass is 10.2. The van der Waals surface area contributed by atoms with Gasteiger partial charge >= 0.3 is 0 Å². The number of nitrogens with zero attached hydrogens (tertiary/aromatic N) is 2. The van der Waals surface area contributed by atoms with Crippen LogP contribution in [0.5, 0.6) is 0 Å². The Morgan fingerprint density at radius 1 is 1.67 bits per heavy atom. The molecule has 1 unspecified atom stereocenters. The highest BCUT2D eigenvalue weighted by atomic mass is 79.9. The monoisotopic (exact) mass is 288 g/mol. The molecule has 0 saturated carbocycles. The fraction of sp³-hybridized carbons (Fsp3) is 0.400. The molecule has 15 heavy (non-hydrogen) atoms. The maximum Gasteiger partial charge on any atom is 0.227 e. The first-order valence-corrected chi connectivity index (χ1v) is 6.18. The number of carbonyl (C=O) groups is 1. The first kappa shape index (κ1) is 10.9. The number of rotatable bonds is 2. The van der Waals surface area contributed by atoms with Gasteiger partial charge < -0.3 is 4.90 Å². The topological polar surface area (TPSA) is 33.2 Å². The molecule has 1 aliphatic rings. The Morgan fingerprint density at radius 3 is 3.07 bits per heavy atom. The Hall–Kier alpha value is -0.610. The van der Waals surface area contributed by atoms with E-state index in [0.717, 1.165) is 11.9 Å². The van der Waals surface area contributed by atoms with E-state index in [0.29, 0.717) is 23.0 Å². The van der Waals surface area contributed by atoms with E-state index in [1.165, 1.54) is 0 Å². The molecule has 0 bridgehead atoms. The highest BCUT2D eigenvalue weighted by molar-refractivity contribution is 9.09. The number of halogens is 2. The number of carbonyl (C=O) groups excluding carboxylic acids is 1. The molecule has 1 atom stereocenters. The molecule has 0 spiro atoms. The van der Waals surface area contributed by atoms with Crippen LogP contribution in [0, 0.1) is 5.92 Å². The normalized spacial score (nSPS) is 21.1. The third-order valence-electron chi connectivity index (χ3n) is 2.46. The van der Waals surface area contributed by atoms with Gasteiger partial charge in [-0.2, -0.15) is 0 Å². The van der Waals surface area contributed by atoms with Crippen molar-refractivity contribution in [2.75, 3.05) is 16.8 Å². The molecule has 0 aliphatic carbocycles. The Bertz CT molecular complexity index is 385. The molecular formula is C10H10BrClN2O. The summed E-state index contributed by atoms with van der Waals surface area (Å²) in [6, 6.07) is 1.70. The summed E-state index contributed by atoms with van der Waals surface area (Å²) in [6.07, 6.45) is 3.83. The van der Waals surface area contributed by atoms with Gasteiger partial charge in [-0.1, -0.05) is 27.5 Å². The van der Waals surface area contributed by atoms with Gasteiger partial charge in [-0.3, -0.25) is 9.78 Å². The van der Waals surface area contributed by atoms with Crippen LogP contribution in [0.3, 0.4) is 0 Å². The number of pyridine rings is 1. The van der Waals surface area contributed by atoms with E-state index < -0.39 is 0 Å². The summed E-state index contributed by atoms with van der Waals surface area (Å²) in [4.78, 5) is 17.4. The molecule has 1 aromatic heterocycles. The number of amides is 1. The summed E-state index contributed by atoms with van der Waals surface area (Å²) < 4.78 is 0. The number of alkyl halides is 1. The smallest absolute Gasteiger partial charge is 0.227 e. The number of aromatic nitrogens is 1. The van der Waals surface area contributed by atoms with Crippen molar-refractivity contribution in [3.8, 4) is 0 Å². The second-order valence-corrected chi connectivity index (χ2v) is 4.61. The van der Waals surface area contributed by atoms with E-state index in [2.05, 4.69) is 20.9 Å². The predicted octanol–water partition coefficient (Wildman–Crippen LogP) is 2.48. The Kier molecular flexibility index (Phi) is 3.26. The molecule has 0 aromatic carbocycles. The Labute approximate surface area is 102 Å². The first-order chi connectivity index (χ1) is 7.22. The number of anilines is 1. The molecule has 1 aliphatic heterocycles. The number of hydrogen-bond donors (Lipinski definition) is 0. The molecule has 1 saturated heterocycles. The van der Waals surface area contributed by atoms with Gasteiger partial charge in [0.05, 0.1) is 16.9 Å². The lowest BCUT2D eigenvalue weighted by molar-refractivity contribution is -0.117. The third-order valence-corrected chi connectivity index (χ3v) is 3.70. The highest BCUT2D eigenvalue weighted by Gasteiger charge is 2.30. The largest absolute Gasteiger partial charge is 0.309 e. The fourth-order valence-corrected chi connectivity index (χ4v) is 2.33. The van der Waals surface area contributed by atoms with Crippen LogP contribution in [0.15, 0.2) is 18.5 Å². The van der Waals surface area contributed by atoms with Crippen LogP contribution in [0.4, 0.5) is 5.69 Å². The zero-order valence-corrected chi connectivity index (χ0v) is 10.3. The van der Waals surface area contributed by atoms with E-state index in [1.807, 2.05) is 0 Å². The predicted molar refractivity (Wildman–Crippen MR) is 63.5 cm³/mol. The molecule has 1 fully saturated rings. The zero-order chi connectivity index (χ0) is 10.8. The zero-order valence-electron chi connectivity index (χ0n) is 7.99. The summed E-state index contributed by atoms with van der Waals surface area (Å²) >= 11 is 9.41. The van der Waals surface area contributed by atoms with Gasteiger partial charge in [0.2, 0.25) is 5.91 Å². The third kappa shape index (κ3) is 2.16. The van der Waals surface area contributed by atoms with Crippen molar-refractivity contribution in [2.24, 2.45) is 5.92 Å². The van der Waals surface area contributed by atoms with Crippen LogP contribution in [-0.4, -0.2) is 22.8 Å². The van der Waals surface area contributed by atoms with Crippen molar-refractivity contribution in [3.05, 3.63) is 23.5 Å². The summed E-state index contributed by atoms with van der Waals surface area (Å²) in [5.74, 6) is 0.489. The van der Waals surface area contributed by atoms with Crippen LogP contribution in [0.2, 0.25) is 5.02 Å². The second kappa shape index (κ2) is 4.49. The minimum Gasteiger partial charge on any atom is -0.309 e. The van der Waals surface area contributed by atoms with Gasteiger partial charge in [0.1, 0.15) is 0 Å². The van der Waals surface area contributed by atoms with Crippen LogP contribution in [0.1, 0.15) is 6.42 Å². The van der Waals surface area contributed by atoms with Gasteiger partial charge in [0.25, 0.3) is 0 Å². The van der Waals surface area contributed by atoms with E-state index in [-0.39, 0.29) is 5.91 Å². The van der Waals surface area contributed by atoms with E-state index >= 15 is 0 Å². The second-order valence-electron chi connectivity index (χ2n) is 3.56. The fourth-order valence-electron chi connectivity index (χ4n) is 1.69. The van der Waals surface area contributed by atoms with Gasteiger partial charge in [-0.05, 0) is 12.0 Å². The number of hydrogen-bond acceptors (Lipinski definition) is 2. The van der Waals surface area contributed by atoms with Gasteiger partial charge in [-0.15, -0.1) is 0 Å². The highest BCUT2D eigenvalue weighted by Crippen LogP contribution is 2.30. The minimum absolute atomic E-state index is 0.120. The standard InChI is InChI=1S/C10H10BrClN2O/c11-4-7-3-10(15)14(6-7)9-5-13-2-1-8(9)12/h1-2,5,7H,3-4,6H2. The van der Waals surface area contributed by atoms with Gasteiger partial charge in [0.15, 0.2) is 0 Å². The quantitative estimate of drug-likeness (QED) is 0.784. The lowest BCUT2D eigenvalue weighted by Crippen LogP contribution is -2.25. The van der Waals surface area contributed by atoms with Crippen molar-refractivity contribution in [1.82, 2.24) is 4.98 Å². The molecule has 2 heterocycles. The molecule has 1 aromatic rings.